The molecule has 0 heterocycles. The third kappa shape index (κ3) is 5.21. The Bertz CT molecular complexity index is 396. The van der Waals surface area contributed by atoms with Gasteiger partial charge in [-0.3, -0.25) is 0 Å². The first-order valence-electron chi connectivity index (χ1n) is 5.99. The molecule has 0 spiro atoms. The van der Waals surface area contributed by atoms with Gasteiger partial charge in [0.05, 0.1) is 0 Å². The number of aryl methyl sites for hydroxylation is 1. The van der Waals surface area contributed by atoms with Gasteiger partial charge in [-0.05, 0) is 37.1 Å². The molecule has 0 saturated heterocycles. The first-order valence-corrected chi connectivity index (χ1v) is 5.99. The molecular weight excluding hydrogens is 208 g/mol. The van der Waals surface area contributed by atoms with Crippen molar-refractivity contribution in [1.82, 2.24) is 0 Å². The molecular formula is C16H20O. The van der Waals surface area contributed by atoms with Gasteiger partial charge in [0, 0.05) is 0 Å². The minimum atomic E-state index is 0.867. The molecule has 0 saturated carbocycles. The van der Waals surface area contributed by atoms with E-state index in [9.17, 15) is 0 Å². The molecule has 90 valence electrons. The molecule has 0 radical (unpaired) electrons. The first kappa shape index (κ1) is 13.3. The zero-order chi connectivity index (χ0) is 12.5. The summed E-state index contributed by atoms with van der Waals surface area (Å²) in [4.78, 5) is 0. The summed E-state index contributed by atoms with van der Waals surface area (Å²) in [6.07, 6.45) is 9.73. The second-order valence-electron chi connectivity index (χ2n) is 3.89. The summed E-state index contributed by atoms with van der Waals surface area (Å²) in [7, 11) is 0. The predicted molar refractivity (Wildman–Crippen MR) is 74.2 cm³/mol. The third-order valence-corrected chi connectivity index (χ3v) is 2.32. The highest BCUT2D eigenvalue weighted by molar-refractivity contribution is 5.29. The standard InChI is InChI=1S/C16H20O/c1-4-6-7-9-14(3)17-16-12-10-15(8-5-2)11-13-16/h4,6-7,9-13H,1,5,8H2,2-3H3/b7-6-,14-9+. The van der Waals surface area contributed by atoms with Crippen LogP contribution >= 0.6 is 0 Å². The summed E-state index contributed by atoms with van der Waals surface area (Å²) in [5.41, 5.74) is 1.35. The van der Waals surface area contributed by atoms with E-state index in [1.807, 2.05) is 37.3 Å². The Labute approximate surface area is 104 Å². The van der Waals surface area contributed by atoms with E-state index in [4.69, 9.17) is 4.74 Å². The Balaban J connectivity index is 2.59. The van der Waals surface area contributed by atoms with E-state index in [0.717, 1.165) is 17.9 Å². The van der Waals surface area contributed by atoms with Crippen LogP contribution in [0.4, 0.5) is 0 Å². The highest BCUT2D eigenvalue weighted by Crippen LogP contribution is 2.15. The van der Waals surface area contributed by atoms with Crippen molar-refractivity contribution in [3.63, 3.8) is 0 Å². The largest absolute Gasteiger partial charge is 0.462 e. The van der Waals surface area contributed by atoms with Gasteiger partial charge in [-0.1, -0.05) is 50.3 Å². The lowest BCUT2D eigenvalue weighted by Gasteiger charge is -2.06. The smallest absolute Gasteiger partial charge is 0.126 e. The van der Waals surface area contributed by atoms with Crippen molar-refractivity contribution in [2.75, 3.05) is 0 Å². The van der Waals surface area contributed by atoms with Gasteiger partial charge in [0.25, 0.3) is 0 Å². The topological polar surface area (TPSA) is 9.23 Å². The third-order valence-electron chi connectivity index (χ3n) is 2.32. The Hall–Kier alpha value is -1.76. The first-order chi connectivity index (χ1) is 8.26. The fraction of sp³-hybridized carbons (Fsp3) is 0.250. The fourth-order valence-electron chi connectivity index (χ4n) is 1.50. The van der Waals surface area contributed by atoms with Crippen LogP contribution in [0, 0.1) is 0 Å². The molecule has 0 amide bonds. The van der Waals surface area contributed by atoms with Crippen molar-refractivity contribution in [3.8, 4) is 5.75 Å². The molecule has 1 nitrogen and oxygen atoms in total. The van der Waals surface area contributed by atoms with Crippen LogP contribution in [0.5, 0.6) is 5.75 Å². The van der Waals surface area contributed by atoms with Gasteiger partial charge in [-0.2, -0.15) is 0 Å². The zero-order valence-electron chi connectivity index (χ0n) is 10.6. The second-order valence-corrected chi connectivity index (χ2v) is 3.89. The quantitative estimate of drug-likeness (QED) is 0.508. The summed E-state index contributed by atoms with van der Waals surface area (Å²) >= 11 is 0. The van der Waals surface area contributed by atoms with Gasteiger partial charge >= 0.3 is 0 Å². The van der Waals surface area contributed by atoms with Crippen LogP contribution in [-0.2, 0) is 6.42 Å². The molecule has 17 heavy (non-hydrogen) atoms. The SMILES string of the molecule is C=C/C=C\C=C(/C)Oc1ccc(CCC)cc1. The van der Waals surface area contributed by atoms with Crippen molar-refractivity contribution >= 4 is 0 Å². The lowest BCUT2D eigenvalue weighted by Crippen LogP contribution is -1.90. The van der Waals surface area contributed by atoms with E-state index < -0.39 is 0 Å². The molecule has 0 aliphatic rings. The average Bonchev–Trinajstić information content (AvgIpc) is 2.32. The highest BCUT2D eigenvalue weighted by Gasteiger charge is 1.95. The number of hydrogen-bond acceptors (Lipinski definition) is 1. The van der Waals surface area contributed by atoms with E-state index in [1.54, 1.807) is 6.08 Å². The van der Waals surface area contributed by atoms with Crippen molar-refractivity contribution in [2.24, 2.45) is 0 Å². The number of hydrogen-bond donors (Lipinski definition) is 0. The van der Waals surface area contributed by atoms with Crippen LogP contribution in [0.2, 0.25) is 0 Å². The monoisotopic (exact) mass is 228 g/mol. The zero-order valence-corrected chi connectivity index (χ0v) is 10.6. The van der Waals surface area contributed by atoms with E-state index in [0.29, 0.717) is 0 Å². The maximum Gasteiger partial charge on any atom is 0.126 e. The lowest BCUT2D eigenvalue weighted by atomic mass is 10.1. The van der Waals surface area contributed by atoms with Crippen LogP contribution in [0.1, 0.15) is 25.8 Å². The van der Waals surface area contributed by atoms with Crippen molar-refractivity contribution in [3.05, 3.63) is 66.5 Å². The molecule has 0 N–H and O–H groups in total. The predicted octanol–water partition coefficient (Wildman–Crippen LogP) is 4.66. The van der Waals surface area contributed by atoms with Crippen molar-refractivity contribution in [1.29, 1.82) is 0 Å². The number of rotatable bonds is 6. The molecule has 1 aromatic carbocycles. The maximum absolute atomic E-state index is 5.67. The Morgan fingerprint density at radius 2 is 1.94 bits per heavy atom. The molecule has 0 aliphatic carbocycles. The van der Waals surface area contributed by atoms with Crippen LogP contribution in [0.15, 0.2) is 60.9 Å². The minimum absolute atomic E-state index is 0.867. The minimum Gasteiger partial charge on any atom is -0.462 e. The number of allylic oxidation sites excluding steroid dienone is 5. The van der Waals surface area contributed by atoms with Crippen LogP contribution in [0.25, 0.3) is 0 Å². The molecule has 0 aliphatic heterocycles. The van der Waals surface area contributed by atoms with Gasteiger partial charge in [-0.25, -0.2) is 0 Å². The fourth-order valence-corrected chi connectivity index (χ4v) is 1.50. The molecule has 0 atom stereocenters. The van der Waals surface area contributed by atoms with Gasteiger partial charge in [0.15, 0.2) is 0 Å². The normalized spacial score (nSPS) is 11.8. The molecule has 1 rings (SSSR count). The summed E-state index contributed by atoms with van der Waals surface area (Å²) in [5.74, 6) is 1.75. The van der Waals surface area contributed by atoms with Gasteiger partial charge in [0.1, 0.15) is 11.5 Å². The lowest BCUT2D eigenvalue weighted by molar-refractivity contribution is 0.428. The second kappa shape index (κ2) is 7.50. The summed E-state index contributed by atoms with van der Waals surface area (Å²) in [6, 6.07) is 8.26. The van der Waals surface area contributed by atoms with E-state index >= 15 is 0 Å². The summed E-state index contributed by atoms with van der Waals surface area (Å²) in [6.45, 7) is 7.73. The van der Waals surface area contributed by atoms with Crippen molar-refractivity contribution in [2.45, 2.75) is 26.7 Å². The number of ether oxygens (including phenoxy) is 1. The van der Waals surface area contributed by atoms with Gasteiger partial charge < -0.3 is 4.74 Å². The molecule has 0 aromatic heterocycles. The molecule has 1 heteroatoms. The molecule has 0 bridgehead atoms. The Morgan fingerprint density at radius 3 is 2.53 bits per heavy atom. The number of benzene rings is 1. The van der Waals surface area contributed by atoms with Gasteiger partial charge in [-0.15, -0.1) is 0 Å². The Morgan fingerprint density at radius 1 is 1.24 bits per heavy atom. The maximum atomic E-state index is 5.67. The van der Waals surface area contributed by atoms with Crippen LogP contribution in [0.3, 0.4) is 0 Å². The van der Waals surface area contributed by atoms with E-state index in [-0.39, 0.29) is 0 Å². The van der Waals surface area contributed by atoms with Crippen molar-refractivity contribution < 1.29 is 4.74 Å². The van der Waals surface area contributed by atoms with Crippen LogP contribution < -0.4 is 4.74 Å². The molecule has 0 unspecified atom stereocenters. The van der Waals surface area contributed by atoms with E-state index in [2.05, 4.69) is 25.6 Å². The highest BCUT2D eigenvalue weighted by atomic mass is 16.5. The molecule has 1 aromatic rings. The Kier molecular flexibility index (Phi) is 5.87. The summed E-state index contributed by atoms with van der Waals surface area (Å²) < 4.78 is 5.67. The summed E-state index contributed by atoms with van der Waals surface area (Å²) in [5, 5.41) is 0. The van der Waals surface area contributed by atoms with E-state index in [1.165, 1.54) is 12.0 Å². The van der Waals surface area contributed by atoms with Gasteiger partial charge in [0.2, 0.25) is 0 Å². The van der Waals surface area contributed by atoms with Crippen LogP contribution in [-0.4, -0.2) is 0 Å². The average molecular weight is 228 g/mol. The molecule has 0 fully saturated rings.